The second-order valence-electron chi connectivity index (χ2n) is 4.26. The molecule has 0 bridgehead atoms. The van der Waals surface area contributed by atoms with E-state index in [0.717, 1.165) is 12.1 Å². The van der Waals surface area contributed by atoms with Gasteiger partial charge in [-0.05, 0) is 45.8 Å². The third-order valence-corrected chi connectivity index (χ3v) is 4.12. The van der Waals surface area contributed by atoms with E-state index in [4.69, 9.17) is 21.1 Å². The van der Waals surface area contributed by atoms with Crippen LogP contribution in [0.1, 0.15) is 16.5 Å². The minimum atomic E-state index is -0.943. The van der Waals surface area contributed by atoms with E-state index in [1.807, 2.05) is 0 Å². The molecule has 21 heavy (non-hydrogen) atoms. The number of hydrogen-bond acceptors (Lipinski definition) is 2. The monoisotopic (exact) mass is 376 g/mol. The van der Waals surface area contributed by atoms with Gasteiger partial charge in [-0.3, -0.25) is 0 Å². The van der Waals surface area contributed by atoms with Crippen LogP contribution >= 0.6 is 27.5 Å². The fraction of sp³-hybridized carbons (Fsp3) is 0.200. The van der Waals surface area contributed by atoms with Gasteiger partial charge in [0.05, 0.1) is 24.1 Å². The molecule has 0 aliphatic rings. The summed E-state index contributed by atoms with van der Waals surface area (Å²) in [6.45, 7) is 0. The van der Waals surface area contributed by atoms with Crippen molar-refractivity contribution in [2.75, 3.05) is 14.2 Å². The van der Waals surface area contributed by atoms with E-state index in [1.165, 1.54) is 20.3 Å². The molecule has 112 valence electrons. The lowest BCUT2D eigenvalue weighted by atomic mass is 10.0. The molecule has 0 saturated heterocycles. The Morgan fingerprint density at radius 2 is 1.67 bits per heavy atom. The van der Waals surface area contributed by atoms with Crippen LogP contribution in [0.3, 0.4) is 0 Å². The van der Waals surface area contributed by atoms with E-state index < -0.39 is 17.0 Å². The zero-order valence-electron chi connectivity index (χ0n) is 11.3. The van der Waals surface area contributed by atoms with Crippen molar-refractivity contribution in [2.45, 2.75) is 5.38 Å². The Kier molecular flexibility index (Phi) is 5.06. The van der Waals surface area contributed by atoms with Gasteiger partial charge in [0, 0.05) is 5.56 Å². The summed E-state index contributed by atoms with van der Waals surface area (Å²) in [4.78, 5) is 0. The number of rotatable bonds is 4. The summed E-state index contributed by atoms with van der Waals surface area (Å²) in [5.41, 5.74) is 1.03. The van der Waals surface area contributed by atoms with Crippen LogP contribution in [-0.2, 0) is 0 Å². The summed E-state index contributed by atoms with van der Waals surface area (Å²) in [6.07, 6.45) is 0. The lowest BCUT2D eigenvalue weighted by Gasteiger charge is -2.17. The third kappa shape index (κ3) is 3.30. The van der Waals surface area contributed by atoms with Crippen LogP contribution in [0.2, 0.25) is 0 Å². The highest BCUT2D eigenvalue weighted by atomic mass is 79.9. The Labute approximate surface area is 134 Å². The number of halogens is 4. The Balaban J connectivity index is 2.50. The normalized spacial score (nSPS) is 12.1. The number of methoxy groups -OCH3 is 2. The minimum absolute atomic E-state index is 0.429. The molecular weight excluding hydrogens is 366 g/mol. The lowest BCUT2D eigenvalue weighted by molar-refractivity contribution is 0.397. The van der Waals surface area contributed by atoms with Crippen LogP contribution in [0.5, 0.6) is 11.5 Å². The van der Waals surface area contributed by atoms with Crippen molar-refractivity contribution >= 4 is 27.5 Å². The number of benzene rings is 2. The highest BCUT2D eigenvalue weighted by molar-refractivity contribution is 9.10. The molecule has 0 fully saturated rings. The van der Waals surface area contributed by atoms with E-state index >= 15 is 0 Å². The van der Waals surface area contributed by atoms with Gasteiger partial charge in [0.25, 0.3) is 0 Å². The van der Waals surface area contributed by atoms with Gasteiger partial charge in [-0.1, -0.05) is 6.07 Å². The van der Waals surface area contributed by atoms with Crippen LogP contribution in [0.4, 0.5) is 8.78 Å². The zero-order chi connectivity index (χ0) is 15.6. The molecule has 2 aromatic rings. The first-order valence-corrected chi connectivity index (χ1v) is 7.21. The average Bonchev–Trinajstić information content (AvgIpc) is 2.49. The number of alkyl halides is 1. The largest absolute Gasteiger partial charge is 0.496 e. The van der Waals surface area contributed by atoms with Crippen LogP contribution in [0.15, 0.2) is 34.8 Å². The van der Waals surface area contributed by atoms with Gasteiger partial charge in [0.2, 0.25) is 0 Å². The Morgan fingerprint density at radius 1 is 1.00 bits per heavy atom. The second-order valence-corrected chi connectivity index (χ2v) is 5.56. The Morgan fingerprint density at radius 3 is 2.24 bits per heavy atom. The summed E-state index contributed by atoms with van der Waals surface area (Å²) in [6, 6.07) is 6.96. The van der Waals surface area contributed by atoms with Crippen molar-refractivity contribution in [1.82, 2.24) is 0 Å². The van der Waals surface area contributed by atoms with Gasteiger partial charge in [0.1, 0.15) is 11.5 Å². The summed E-state index contributed by atoms with van der Waals surface area (Å²) in [5.74, 6) is -0.768. The predicted molar refractivity (Wildman–Crippen MR) is 81.3 cm³/mol. The quantitative estimate of drug-likeness (QED) is 0.692. The standard InChI is InChI=1S/C15H12BrClF2O2/c1-20-13-7-10(16)14(21-2)6-9(13)15(17)8-3-4-11(18)12(19)5-8/h3-7,15H,1-2H3. The van der Waals surface area contributed by atoms with Gasteiger partial charge in [-0.25, -0.2) is 8.78 Å². The van der Waals surface area contributed by atoms with Crippen molar-refractivity contribution in [3.05, 3.63) is 57.6 Å². The summed E-state index contributed by atoms with van der Waals surface area (Å²) in [7, 11) is 3.03. The van der Waals surface area contributed by atoms with E-state index in [2.05, 4.69) is 15.9 Å². The van der Waals surface area contributed by atoms with Crippen LogP contribution in [-0.4, -0.2) is 14.2 Å². The topological polar surface area (TPSA) is 18.5 Å². The lowest BCUT2D eigenvalue weighted by Crippen LogP contribution is -2.00. The molecule has 0 N–H and O–H groups in total. The fourth-order valence-electron chi connectivity index (χ4n) is 1.93. The number of ether oxygens (including phenoxy) is 2. The highest BCUT2D eigenvalue weighted by Gasteiger charge is 2.20. The predicted octanol–water partition coefficient (Wildman–Crippen LogP) is 5.07. The highest BCUT2D eigenvalue weighted by Crippen LogP contribution is 2.40. The molecule has 6 heteroatoms. The maximum Gasteiger partial charge on any atom is 0.159 e. The van der Waals surface area contributed by atoms with Crippen LogP contribution in [0, 0.1) is 11.6 Å². The molecule has 0 saturated carbocycles. The van der Waals surface area contributed by atoms with E-state index in [1.54, 1.807) is 12.1 Å². The van der Waals surface area contributed by atoms with Crippen molar-refractivity contribution in [3.63, 3.8) is 0 Å². The Bertz CT molecular complexity index is 664. The van der Waals surface area contributed by atoms with Crippen LogP contribution < -0.4 is 9.47 Å². The Hall–Kier alpha value is -1.33. The molecule has 2 aromatic carbocycles. The van der Waals surface area contributed by atoms with Crippen molar-refractivity contribution in [3.8, 4) is 11.5 Å². The van der Waals surface area contributed by atoms with Crippen molar-refractivity contribution < 1.29 is 18.3 Å². The summed E-state index contributed by atoms with van der Waals surface area (Å²) < 4.78 is 37.6. The molecule has 2 rings (SSSR count). The molecule has 0 aliphatic carbocycles. The van der Waals surface area contributed by atoms with Crippen molar-refractivity contribution in [1.29, 1.82) is 0 Å². The summed E-state index contributed by atoms with van der Waals surface area (Å²) >= 11 is 9.73. The molecule has 0 spiro atoms. The SMILES string of the molecule is COc1cc(C(Cl)c2ccc(F)c(F)c2)c(OC)cc1Br. The van der Waals surface area contributed by atoms with E-state index in [0.29, 0.717) is 27.1 Å². The van der Waals surface area contributed by atoms with Gasteiger partial charge in [0.15, 0.2) is 11.6 Å². The molecule has 1 atom stereocenters. The maximum absolute atomic E-state index is 13.4. The molecule has 0 radical (unpaired) electrons. The smallest absolute Gasteiger partial charge is 0.159 e. The molecule has 1 unspecified atom stereocenters. The fourth-order valence-corrected chi connectivity index (χ4v) is 2.72. The summed E-state index contributed by atoms with van der Waals surface area (Å²) in [5, 5.41) is -0.697. The average molecular weight is 378 g/mol. The van der Waals surface area contributed by atoms with E-state index in [9.17, 15) is 8.78 Å². The van der Waals surface area contributed by atoms with Crippen molar-refractivity contribution in [2.24, 2.45) is 0 Å². The third-order valence-electron chi connectivity index (χ3n) is 3.01. The second kappa shape index (κ2) is 6.62. The molecular formula is C15H12BrClF2O2. The van der Waals surface area contributed by atoms with Gasteiger partial charge < -0.3 is 9.47 Å². The number of hydrogen-bond donors (Lipinski definition) is 0. The molecule has 0 aromatic heterocycles. The zero-order valence-corrected chi connectivity index (χ0v) is 13.6. The first kappa shape index (κ1) is 16.0. The van der Waals surface area contributed by atoms with Gasteiger partial charge in [-0.15, -0.1) is 11.6 Å². The van der Waals surface area contributed by atoms with Gasteiger partial charge in [-0.2, -0.15) is 0 Å². The molecule has 0 heterocycles. The molecule has 0 aliphatic heterocycles. The maximum atomic E-state index is 13.4. The molecule has 2 nitrogen and oxygen atoms in total. The van der Waals surface area contributed by atoms with Crippen LogP contribution in [0.25, 0.3) is 0 Å². The minimum Gasteiger partial charge on any atom is -0.496 e. The first-order chi connectivity index (χ1) is 9.97. The van der Waals surface area contributed by atoms with E-state index in [-0.39, 0.29) is 0 Å². The molecule has 0 amide bonds. The first-order valence-electron chi connectivity index (χ1n) is 5.98. The van der Waals surface area contributed by atoms with Gasteiger partial charge >= 0.3 is 0 Å².